The molecule has 2 aromatic carbocycles. The Morgan fingerprint density at radius 1 is 1.08 bits per heavy atom. The lowest BCUT2D eigenvalue weighted by Gasteiger charge is -2.14. The third-order valence-electron chi connectivity index (χ3n) is 3.84. The van der Waals surface area contributed by atoms with Crippen molar-refractivity contribution >= 4 is 5.76 Å². The van der Waals surface area contributed by atoms with Crippen LogP contribution in [0.15, 0.2) is 78.1 Å². The van der Waals surface area contributed by atoms with Gasteiger partial charge in [-0.2, -0.15) is 5.10 Å². The summed E-state index contributed by atoms with van der Waals surface area (Å²) in [5.74, 6) is 0.456. The van der Waals surface area contributed by atoms with E-state index >= 15 is 0 Å². The molecule has 0 aliphatic heterocycles. The Bertz CT molecular complexity index is 916. The molecule has 0 saturated carbocycles. The molecule has 0 aliphatic carbocycles. The summed E-state index contributed by atoms with van der Waals surface area (Å²) in [5.41, 5.74) is 3.07. The summed E-state index contributed by atoms with van der Waals surface area (Å²) >= 11 is 0. The van der Waals surface area contributed by atoms with Gasteiger partial charge >= 0.3 is 0 Å². The fourth-order valence-corrected chi connectivity index (χ4v) is 2.63. The van der Waals surface area contributed by atoms with Gasteiger partial charge in [0, 0.05) is 17.2 Å². The molecule has 0 atom stereocenters. The molecule has 126 valence electrons. The molecule has 4 nitrogen and oxygen atoms in total. The fourth-order valence-electron chi connectivity index (χ4n) is 2.63. The topological polar surface area (TPSA) is 44.1 Å². The molecule has 1 aromatic heterocycles. The summed E-state index contributed by atoms with van der Waals surface area (Å²) in [7, 11) is 0. The van der Waals surface area contributed by atoms with Crippen LogP contribution in [0.25, 0.3) is 17.0 Å². The van der Waals surface area contributed by atoms with E-state index in [4.69, 9.17) is 4.74 Å². The van der Waals surface area contributed by atoms with Gasteiger partial charge in [0.25, 0.3) is 5.56 Å². The number of rotatable bonds is 6. The van der Waals surface area contributed by atoms with Gasteiger partial charge in [0.15, 0.2) is 0 Å². The van der Waals surface area contributed by atoms with Crippen LogP contribution in [0.4, 0.5) is 0 Å². The zero-order valence-corrected chi connectivity index (χ0v) is 14.2. The number of hydrogen-bond acceptors (Lipinski definition) is 3. The van der Waals surface area contributed by atoms with Crippen molar-refractivity contribution in [3.63, 3.8) is 0 Å². The maximum atomic E-state index is 12.5. The Hall–Kier alpha value is -3.14. The highest BCUT2D eigenvalue weighted by atomic mass is 16.5. The van der Waals surface area contributed by atoms with Crippen LogP contribution in [0.2, 0.25) is 0 Å². The van der Waals surface area contributed by atoms with Crippen molar-refractivity contribution < 1.29 is 4.74 Å². The van der Waals surface area contributed by atoms with Gasteiger partial charge in [0.1, 0.15) is 11.5 Å². The first-order valence-corrected chi connectivity index (χ1v) is 8.22. The van der Waals surface area contributed by atoms with Crippen LogP contribution in [0.1, 0.15) is 18.1 Å². The van der Waals surface area contributed by atoms with Crippen LogP contribution in [-0.2, 0) is 11.3 Å². The minimum atomic E-state index is -0.181. The molecular formula is C21H20N2O2. The number of ether oxygens (including phenoxy) is 1. The van der Waals surface area contributed by atoms with E-state index in [9.17, 15) is 4.79 Å². The SMILES string of the molecule is C=C(OCC)c1cc(=O)n(Cc2ccccc2)nc1-c1ccccc1. The van der Waals surface area contributed by atoms with Crippen LogP contribution in [0, 0.1) is 0 Å². The van der Waals surface area contributed by atoms with E-state index in [1.807, 2.05) is 67.6 Å². The van der Waals surface area contributed by atoms with Gasteiger partial charge in [-0.3, -0.25) is 4.79 Å². The van der Waals surface area contributed by atoms with Crippen LogP contribution in [0.3, 0.4) is 0 Å². The van der Waals surface area contributed by atoms with Crippen molar-refractivity contribution in [3.05, 3.63) is 94.8 Å². The second-order valence-electron chi connectivity index (χ2n) is 5.61. The van der Waals surface area contributed by atoms with Crippen molar-refractivity contribution in [2.45, 2.75) is 13.5 Å². The van der Waals surface area contributed by atoms with Crippen molar-refractivity contribution in [3.8, 4) is 11.3 Å². The average Bonchev–Trinajstić information content (AvgIpc) is 2.65. The summed E-state index contributed by atoms with van der Waals surface area (Å²) in [6.45, 7) is 6.74. The maximum absolute atomic E-state index is 12.5. The highest BCUT2D eigenvalue weighted by molar-refractivity contribution is 5.74. The van der Waals surface area contributed by atoms with Gasteiger partial charge < -0.3 is 4.74 Å². The molecule has 0 fully saturated rings. The largest absolute Gasteiger partial charge is 0.494 e. The molecule has 3 rings (SSSR count). The molecule has 0 bridgehead atoms. The first-order valence-electron chi connectivity index (χ1n) is 8.22. The van der Waals surface area contributed by atoms with Crippen LogP contribution < -0.4 is 5.56 Å². The summed E-state index contributed by atoms with van der Waals surface area (Å²) in [6, 6.07) is 21.1. The maximum Gasteiger partial charge on any atom is 0.267 e. The van der Waals surface area contributed by atoms with Gasteiger partial charge in [-0.05, 0) is 12.5 Å². The van der Waals surface area contributed by atoms with Crippen molar-refractivity contribution in [1.29, 1.82) is 0 Å². The predicted molar refractivity (Wildman–Crippen MR) is 100 cm³/mol. The van der Waals surface area contributed by atoms with Gasteiger partial charge in [0.05, 0.1) is 13.2 Å². The lowest BCUT2D eigenvalue weighted by Crippen LogP contribution is -2.24. The summed E-state index contributed by atoms with van der Waals surface area (Å²) in [4.78, 5) is 12.5. The molecule has 0 radical (unpaired) electrons. The lowest BCUT2D eigenvalue weighted by molar-refractivity contribution is 0.299. The molecule has 3 aromatic rings. The second kappa shape index (κ2) is 7.62. The Labute approximate surface area is 147 Å². The third-order valence-corrected chi connectivity index (χ3v) is 3.84. The Morgan fingerprint density at radius 2 is 1.72 bits per heavy atom. The highest BCUT2D eigenvalue weighted by Gasteiger charge is 2.14. The highest BCUT2D eigenvalue weighted by Crippen LogP contribution is 2.25. The zero-order valence-electron chi connectivity index (χ0n) is 14.2. The van der Waals surface area contributed by atoms with Crippen molar-refractivity contribution in [2.75, 3.05) is 6.61 Å². The van der Waals surface area contributed by atoms with E-state index in [-0.39, 0.29) is 5.56 Å². The van der Waals surface area contributed by atoms with Gasteiger partial charge in [-0.1, -0.05) is 67.2 Å². The van der Waals surface area contributed by atoms with Gasteiger partial charge in [-0.15, -0.1) is 0 Å². The Kier molecular flexibility index (Phi) is 5.09. The molecule has 4 heteroatoms. The summed E-state index contributed by atoms with van der Waals surface area (Å²) in [6.07, 6.45) is 0. The number of benzene rings is 2. The van der Waals surface area contributed by atoms with E-state index in [0.717, 1.165) is 11.1 Å². The predicted octanol–water partition coefficient (Wildman–Crippen LogP) is 3.97. The molecule has 0 amide bonds. The third kappa shape index (κ3) is 3.86. The normalized spacial score (nSPS) is 10.4. The van der Waals surface area contributed by atoms with Gasteiger partial charge in [-0.25, -0.2) is 4.68 Å². The molecule has 0 spiro atoms. The molecule has 25 heavy (non-hydrogen) atoms. The Morgan fingerprint density at radius 3 is 2.36 bits per heavy atom. The monoisotopic (exact) mass is 332 g/mol. The van der Waals surface area contributed by atoms with Crippen molar-refractivity contribution in [2.24, 2.45) is 0 Å². The van der Waals surface area contributed by atoms with Crippen LogP contribution >= 0.6 is 0 Å². The minimum Gasteiger partial charge on any atom is -0.494 e. The fraction of sp³-hybridized carbons (Fsp3) is 0.143. The molecule has 0 saturated heterocycles. The molecule has 0 aliphatic rings. The summed E-state index contributed by atoms with van der Waals surface area (Å²) < 4.78 is 6.99. The molecular weight excluding hydrogens is 312 g/mol. The average molecular weight is 332 g/mol. The molecule has 0 N–H and O–H groups in total. The van der Waals surface area contributed by atoms with E-state index < -0.39 is 0 Å². The van der Waals surface area contributed by atoms with Crippen LogP contribution in [-0.4, -0.2) is 16.4 Å². The van der Waals surface area contributed by atoms with Gasteiger partial charge in [0.2, 0.25) is 0 Å². The van der Waals surface area contributed by atoms with Crippen molar-refractivity contribution in [1.82, 2.24) is 9.78 Å². The lowest BCUT2D eigenvalue weighted by atomic mass is 10.1. The van der Waals surface area contributed by atoms with E-state index in [1.54, 1.807) is 6.07 Å². The first-order chi connectivity index (χ1) is 12.2. The molecule has 1 heterocycles. The van der Waals surface area contributed by atoms with E-state index in [0.29, 0.717) is 30.2 Å². The van der Waals surface area contributed by atoms with E-state index in [1.165, 1.54) is 4.68 Å². The minimum absolute atomic E-state index is 0.181. The quantitative estimate of drug-likeness (QED) is 0.642. The standard InChI is InChI=1S/C21H20N2O2/c1-3-25-16(2)19-14-20(24)23(15-17-10-6-4-7-11-17)22-21(19)18-12-8-5-9-13-18/h4-14H,2-3,15H2,1H3. The number of aromatic nitrogens is 2. The zero-order chi connectivity index (χ0) is 17.6. The van der Waals surface area contributed by atoms with Crippen LogP contribution in [0.5, 0.6) is 0 Å². The first kappa shape index (κ1) is 16.7. The summed E-state index contributed by atoms with van der Waals surface area (Å²) in [5, 5.41) is 4.60. The molecule has 0 unspecified atom stereocenters. The number of hydrogen-bond donors (Lipinski definition) is 0. The number of nitrogens with zero attached hydrogens (tertiary/aromatic N) is 2. The van der Waals surface area contributed by atoms with E-state index in [2.05, 4.69) is 11.7 Å². The second-order valence-corrected chi connectivity index (χ2v) is 5.61. The Balaban J connectivity index is 2.10. The smallest absolute Gasteiger partial charge is 0.267 e.